The van der Waals surface area contributed by atoms with Gasteiger partial charge in [0.2, 0.25) is 5.91 Å². The Bertz CT molecular complexity index is 1350. The van der Waals surface area contributed by atoms with Gasteiger partial charge in [0.1, 0.15) is 11.5 Å². The molecule has 0 radical (unpaired) electrons. The lowest BCUT2D eigenvalue weighted by molar-refractivity contribution is -0.116. The Labute approximate surface area is 202 Å². The molecule has 180 valence electrons. The summed E-state index contributed by atoms with van der Waals surface area (Å²) in [5, 5.41) is 7.39. The van der Waals surface area contributed by atoms with Crippen molar-refractivity contribution in [1.82, 2.24) is 14.9 Å². The highest BCUT2D eigenvalue weighted by Crippen LogP contribution is 2.45. The molecule has 34 heavy (non-hydrogen) atoms. The van der Waals surface area contributed by atoms with Gasteiger partial charge in [0, 0.05) is 16.0 Å². The second-order valence-electron chi connectivity index (χ2n) is 9.89. The lowest BCUT2D eigenvalue weighted by atomic mass is 9.81. The summed E-state index contributed by atoms with van der Waals surface area (Å²) in [7, 11) is 0. The molecule has 0 bridgehead atoms. The Kier molecular flexibility index (Phi) is 6.12. The van der Waals surface area contributed by atoms with Crippen LogP contribution in [0.5, 0.6) is 0 Å². The summed E-state index contributed by atoms with van der Waals surface area (Å²) in [6.07, 6.45) is 2.00. The van der Waals surface area contributed by atoms with Crippen molar-refractivity contribution in [3.05, 3.63) is 56.4 Å². The number of hydrogen-bond donors (Lipinski definition) is 2. The van der Waals surface area contributed by atoms with Crippen LogP contribution in [0.15, 0.2) is 29.3 Å². The fourth-order valence-electron chi connectivity index (χ4n) is 4.74. The molecule has 0 unspecified atom stereocenters. The van der Waals surface area contributed by atoms with Crippen LogP contribution in [-0.2, 0) is 28.0 Å². The van der Waals surface area contributed by atoms with Crippen LogP contribution >= 0.6 is 11.3 Å². The van der Waals surface area contributed by atoms with E-state index in [9.17, 15) is 14.4 Å². The maximum atomic E-state index is 13.0. The molecule has 2 aromatic heterocycles. The van der Waals surface area contributed by atoms with E-state index < -0.39 is 11.9 Å². The first-order valence-electron chi connectivity index (χ1n) is 11.3. The van der Waals surface area contributed by atoms with Crippen LogP contribution in [0.2, 0.25) is 0 Å². The number of ether oxygens (including phenoxy) is 1. The molecule has 3 aromatic rings. The quantitative estimate of drug-likeness (QED) is 0.537. The minimum absolute atomic E-state index is 0.215. The summed E-state index contributed by atoms with van der Waals surface area (Å²) < 4.78 is 6.62. The number of esters is 1. The van der Waals surface area contributed by atoms with Crippen molar-refractivity contribution < 1.29 is 14.3 Å². The van der Waals surface area contributed by atoms with Crippen LogP contribution in [0.3, 0.4) is 0 Å². The molecule has 0 fully saturated rings. The number of benzene rings is 1. The summed E-state index contributed by atoms with van der Waals surface area (Å²) in [6, 6.07) is 5.44. The smallest absolute Gasteiger partial charge is 0.341 e. The van der Waals surface area contributed by atoms with Crippen LogP contribution in [0, 0.1) is 6.92 Å². The lowest BCUT2D eigenvalue weighted by Crippen LogP contribution is -2.55. The number of nitrogens with zero attached hydrogens (tertiary/aromatic N) is 2. The zero-order chi connectivity index (χ0) is 24.8. The molecule has 1 amide bonds. The molecule has 8 nitrogen and oxygen atoms in total. The first-order valence-corrected chi connectivity index (χ1v) is 12.1. The first-order chi connectivity index (χ1) is 15.9. The molecule has 1 aliphatic rings. The summed E-state index contributed by atoms with van der Waals surface area (Å²) in [5.74, 6) is -0.867. The Morgan fingerprint density at radius 1 is 1.26 bits per heavy atom. The lowest BCUT2D eigenvalue weighted by Gasteiger charge is -2.42. The average molecular weight is 483 g/mol. The highest BCUT2D eigenvalue weighted by atomic mass is 32.1. The van der Waals surface area contributed by atoms with E-state index in [-0.39, 0.29) is 29.8 Å². The molecule has 0 spiro atoms. The summed E-state index contributed by atoms with van der Waals surface area (Å²) in [5.41, 5.74) is 1.92. The normalized spacial score (nSPS) is 16.2. The van der Waals surface area contributed by atoms with Gasteiger partial charge in [-0.15, -0.1) is 11.3 Å². The van der Waals surface area contributed by atoms with E-state index >= 15 is 0 Å². The molecule has 9 heteroatoms. The van der Waals surface area contributed by atoms with E-state index in [1.807, 2.05) is 13.0 Å². The zero-order valence-electron chi connectivity index (χ0n) is 20.4. The van der Waals surface area contributed by atoms with Crippen LogP contribution in [0.4, 0.5) is 5.00 Å². The third-order valence-electron chi connectivity index (χ3n) is 5.87. The SMILES string of the molecule is CCOC(=O)c1c(NC(=O)Cn2cnc3ccc(C)cc3c2=O)sc2c1CC(C)(C)NC2(C)C. The third-order valence-corrected chi connectivity index (χ3v) is 7.34. The van der Waals surface area contributed by atoms with Gasteiger partial charge in [0.05, 0.1) is 29.4 Å². The number of thiophene rings is 1. The van der Waals surface area contributed by atoms with Crippen LogP contribution in [-0.4, -0.2) is 33.6 Å². The van der Waals surface area contributed by atoms with Gasteiger partial charge < -0.3 is 15.4 Å². The predicted octanol–water partition coefficient (Wildman–Crippen LogP) is 3.74. The monoisotopic (exact) mass is 482 g/mol. The van der Waals surface area contributed by atoms with Gasteiger partial charge in [0.25, 0.3) is 5.56 Å². The molecular weight excluding hydrogens is 452 g/mol. The Morgan fingerprint density at radius 3 is 2.71 bits per heavy atom. The van der Waals surface area contributed by atoms with E-state index in [2.05, 4.69) is 43.3 Å². The van der Waals surface area contributed by atoms with Gasteiger partial charge in [-0.2, -0.15) is 0 Å². The summed E-state index contributed by atoms with van der Waals surface area (Å²) in [6.45, 7) is 12.0. The van der Waals surface area contributed by atoms with Crippen LogP contribution < -0.4 is 16.2 Å². The van der Waals surface area contributed by atoms with Gasteiger partial charge in [-0.1, -0.05) is 11.6 Å². The molecule has 0 atom stereocenters. The van der Waals surface area contributed by atoms with Crippen molar-refractivity contribution in [3.8, 4) is 0 Å². The number of rotatable bonds is 5. The highest BCUT2D eigenvalue weighted by molar-refractivity contribution is 7.17. The molecule has 0 saturated heterocycles. The predicted molar refractivity (Wildman–Crippen MR) is 134 cm³/mol. The molecular formula is C25H30N4O4S. The molecule has 3 heterocycles. The molecule has 0 saturated carbocycles. The topological polar surface area (TPSA) is 102 Å². The number of carbonyl (C=O) groups is 2. The minimum atomic E-state index is -0.455. The number of nitrogens with one attached hydrogen (secondary N) is 2. The maximum absolute atomic E-state index is 13.0. The number of aryl methyl sites for hydroxylation is 1. The Hall–Kier alpha value is -3.04. The maximum Gasteiger partial charge on any atom is 0.341 e. The van der Waals surface area contributed by atoms with E-state index in [0.29, 0.717) is 27.9 Å². The van der Waals surface area contributed by atoms with Crippen molar-refractivity contribution in [2.24, 2.45) is 0 Å². The fourth-order valence-corrected chi connectivity index (χ4v) is 6.02. The average Bonchev–Trinajstić information content (AvgIpc) is 3.07. The Morgan fingerprint density at radius 2 is 2.00 bits per heavy atom. The van der Waals surface area contributed by atoms with E-state index in [1.54, 1.807) is 19.1 Å². The van der Waals surface area contributed by atoms with Gasteiger partial charge in [-0.05, 0) is 65.7 Å². The number of fused-ring (bicyclic) bond motifs is 2. The van der Waals surface area contributed by atoms with E-state index in [0.717, 1.165) is 16.0 Å². The van der Waals surface area contributed by atoms with Crippen molar-refractivity contribution in [3.63, 3.8) is 0 Å². The summed E-state index contributed by atoms with van der Waals surface area (Å²) >= 11 is 1.37. The largest absolute Gasteiger partial charge is 0.462 e. The third kappa shape index (κ3) is 4.50. The van der Waals surface area contributed by atoms with Gasteiger partial charge >= 0.3 is 5.97 Å². The number of amides is 1. The number of aromatic nitrogens is 2. The van der Waals surface area contributed by atoms with E-state index in [1.165, 1.54) is 22.2 Å². The first kappa shape index (κ1) is 24.1. The van der Waals surface area contributed by atoms with Crippen LogP contribution in [0.25, 0.3) is 10.9 Å². The molecule has 4 rings (SSSR count). The highest BCUT2D eigenvalue weighted by Gasteiger charge is 2.42. The van der Waals surface area contributed by atoms with Crippen molar-refractivity contribution in [2.75, 3.05) is 11.9 Å². The molecule has 1 aliphatic heterocycles. The zero-order valence-corrected chi connectivity index (χ0v) is 21.2. The second kappa shape index (κ2) is 8.63. The van der Waals surface area contributed by atoms with Gasteiger partial charge in [-0.25, -0.2) is 9.78 Å². The molecule has 1 aromatic carbocycles. The standard InChI is InChI=1S/C25H30N4O4S/c1-7-33-23(32)19-16-11-24(3,4)28-25(5,6)20(16)34-21(19)27-18(30)12-29-13-26-17-9-8-14(2)10-15(17)22(29)31/h8-10,13,28H,7,11-12H2,1-6H3,(H,27,30). The van der Waals surface area contributed by atoms with Gasteiger partial charge in [-0.3, -0.25) is 14.2 Å². The number of anilines is 1. The van der Waals surface area contributed by atoms with E-state index in [4.69, 9.17) is 4.74 Å². The fraction of sp³-hybridized carbons (Fsp3) is 0.440. The minimum Gasteiger partial charge on any atom is -0.462 e. The van der Waals surface area contributed by atoms with Gasteiger partial charge in [0.15, 0.2) is 0 Å². The summed E-state index contributed by atoms with van der Waals surface area (Å²) in [4.78, 5) is 44.2. The molecule has 0 aliphatic carbocycles. The van der Waals surface area contributed by atoms with Crippen molar-refractivity contribution >= 4 is 39.1 Å². The number of hydrogen-bond acceptors (Lipinski definition) is 7. The Balaban J connectivity index is 1.69. The van der Waals surface area contributed by atoms with Crippen LogP contribution in [0.1, 0.15) is 61.0 Å². The number of carbonyl (C=O) groups excluding carboxylic acids is 2. The van der Waals surface area contributed by atoms with Crippen molar-refractivity contribution in [2.45, 2.75) is 65.6 Å². The molecule has 2 N–H and O–H groups in total. The van der Waals surface area contributed by atoms with Crippen molar-refractivity contribution in [1.29, 1.82) is 0 Å². The second-order valence-corrected chi connectivity index (χ2v) is 10.9.